The van der Waals surface area contributed by atoms with Gasteiger partial charge in [0.25, 0.3) is 0 Å². The van der Waals surface area contributed by atoms with Crippen LogP contribution in [0.4, 0.5) is 13.2 Å². The Labute approximate surface area is 195 Å². The van der Waals surface area contributed by atoms with Crippen LogP contribution in [0.5, 0.6) is 0 Å². The van der Waals surface area contributed by atoms with Crippen molar-refractivity contribution in [2.75, 3.05) is 0 Å². The number of amides is 1. The van der Waals surface area contributed by atoms with Crippen LogP contribution in [0.1, 0.15) is 64.9 Å². The molecular formula is C23H31F3N2O4S. The fourth-order valence-electron chi connectivity index (χ4n) is 4.87. The Morgan fingerprint density at radius 2 is 1.70 bits per heavy atom. The lowest BCUT2D eigenvalue weighted by atomic mass is 9.82. The molecule has 1 aromatic rings. The number of carboxylic acids is 1. The number of piperidine rings is 1. The molecule has 6 nitrogen and oxygen atoms in total. The molecule has 0 saturated carbocycles. The van der Waals surface area contributed by atoms with E-state index in [1.807, 2.05) is 0 Å². The van der Waals surface area contributed by atoms with E-state index in [1.165, 1.54) is 0 Å². The van der Waals surface area contributed by atoms with Crippen molar-refractivity contribution in [2.24, 2.45) is 5.92 Å². The van der Waals surface area contributed by atoms with Crippen LogP contribution in [0.3, 0.4) is 0 Å². The number of nitrogens with one attached hydrogen (secondary N) is 1. The molecule has 2 N–H and O–H groups in total. The lowest BCUT2D eigenvalue weighted by Crippen LogP contribution is -2.54. The number of benzene rings is 1. The first-order chi connectivity index (χ1) is 15.4. The third kappa shape index (κ3) is 6.22. The molecule has 10 heteroatoms. The van der Waals surface area contributed by atoms with Gasteiger partial charge in [0.15, 0.2) is 11.6 Å². The molecule has 2 saturated heterocycles. The predicted octanol–water partition coefficient (Wildman–Crippen LogP) is 3.70. The van der Waals surface area contributed by atoms with E-state index in [1.54, 1.807) is 25.7 Å². The first kappa shape index (κ1) is 25.8. The van der Waals surface area contributed by atoms with E-state index < -0.39 is 45.6 Å². The maximum Gasteiger partial charge on any atom is 0.303 e. The van der Waals surface area contributed by atoms with Gasteiger partial charge in [-0.25, -0.2) is 13.2 Å². The lowest BCUT2D eigenvalue weighted by molar-refractivity contribution is -0.143. The second kappa shape index (κ2) is 10.2. The van der Waals surface area contributed by atoms with Crippen LogP contribution in [0.25, 0.3) is 0 Å². The van der Waals surface area contributed by atoms with Crippen molar-refractivity contribution in [3.8, 4) is 0 Å². The minimum absolute atomic E-state index is 0.00428. The summed E-state index contributed by atoms with van der Waals surface area (Å²) < 4.78 is 57.0. The van der Waals surface area contributed by atoms with Gasteiger partial charge < -0.3 is 14.6 Å². The summed E-state index contributed by atoms with van der Waals surface area (Å²) >= 11 is -1.47. The number of fused-ring (bicyclic) bond motifs is 2. The average Bonchev–Trinajstić information content (AvgIpc) is 2.98. The molecule has 2 heterocycles. The number of hydrogen-bond donors (Lipinski definition) is 2. The number of carboxylic acid groups (broad SMARTS) is 1. The van der Waals surface area contributed by atoms with Crippen LogP contribution >= 0.6 is 0 Å². The second-order valence-electron chi connectivity index (χ2n) is 9.98. The topological polar surface area (TPSA) is 92.7 Å². The summed E-state index contributed by atoms with van der Waals surface area (Å²) in [6.07, 6.45) is 2.50. The van der Waals surface area contributed by atoms with Gasteiger partial charge in [0, 0.05) is 35.9 Å². The number of halogens is 3. The molecule has 184 valence electrons. The number of nitrogens with zero attached hydrogens (tertiary/aromatic N) is 1. The van der Waals surface area contributed by atoms with Crippen LogP contribution in [0.15, 0.2) is 12.1 Å². The van der Waals surface area contributed by atoms with E-state index in [4.69, 9.17) is 5.11 Å². The van der Waals surface area contributed by atoms with E-state index in [2.05, 4.69) is 4.72 Å². The highest BCUT2D eigenvalue weighted by atomic mass is 32.2. The molecule has 0 aromatic heterocycles. The largest absolute Gasteiger partial charge is 0.598 e. The predicted molar refractivity (Wildman–Crippen MR) is 118 cm³/mol. The average molecular weight is 489 g/mol. The van der Waals surface area contributed by atoms with Crippen LogP contribution in [-0.2, 0) is 27.4 Å². The number of hydrogen-bond acceptors (Lipinski definition) is 4. The van der Waals surface area contributed by atoms with E-state index in [9.17, 15) is 27.3 Å². The van der Waals surface area contributed by atoms with Gasteiger partial charge in [-0.05, 0) is 70.4 Å². The summed E-state index contributed by atoms with van der Waals surface area (Å²) in [7, 11) is 0. The summed E-state index contributed by atoms with van der Waals surface area (Å²) in [6.45, 7) is 5.41. The Balaban J connectivity index is 1.80. The van der Waals surface area contributed by atoms with Gasteiger partial charge in [-0.3, -0.25) is 9.59 Å². The van der Waals surface area contributed by atoms with Crippen molar-refractivity contribution in [2.45, 2.75) is 88.6 Å². The molecular weight excluding hydrogens is 457 g/mol. The van der Waals surface area contributed by atoms with Crippen molar-refractivity contribution >= 4 is 23.2 Å². The standard InChI is InChI=1S/C23H31F3N2O4S/c1-23(2,3)33(32)27-20(11-13-10-18(25)19(26)12-17(13)24)14-8-15-4-5-16(9-14)28(15)21(29)6-7-22(30)31/h10,12,14-16,20,27H,4-9,11H2,1-3H3,(H,30,31)/t14?,15?,16?,20-,33?/m1/s1. The van der Waals surface area contributed by atoms with Gasteiger partial charge in [-0.2, -0.15) is 0 Å². The molecule has 2 bridgehead atoms. The Bertz CT molecular complexity index is 881. The summed E-state index contributed by atoms with van der Waals surface area (Å²) in [5.41, 5.74) is 0.00428. The summed E-state index contributed by atoms with van der Waals surface area (Å²) in [4.78, 5) is 25.3. The molecule has 1 amide bonds. The Morgan fingerprint density at radius 1 is 1.12 bits per heavy atom. The van der Waals surface area contributed by atoms with Crippen molar-refractivity contribution in [1.82, 2.24) is 9.62 Å². The van der Waals surface area contributed by atoms with Gasteiger partial charge in [-0.1, -0.05) is 0 Å². The number of aliphatic carboxylic acids is 1. The Hall–Kier alpha value is -1.78. The number of carbonyl (C=O) groups excluding carboxylic acids is 1. The molecule has 0 aliphatic carbocycles. The maximum absolute atomic E-state index is 14.4. The fourth-order valence-corrected chi connectivity index (χ4v) is 5.78. The van der Waals surface area contributed by atoms with Gasteiger partial charge >= 0.3 is 5.97 Å². The minimum atomic E-state index is -1.47. The Morgan fingerprint density at radius 3 is 2.24 bits per heavy atom. The van der Waals surface area contributed by atoms with Crippen LogP contribution < -0.4 is 4.72 Å². The van der Waals surface area contributed by atoms with Crippen molar-refractivity contribution in [1.29, 1.82) is 0 Å². The Kier molecular flexibility index (Phi) is 8.01. The van der Waals surface area contributed by atoms with E-state index >= 15 is 0 Å². The SMILES string of the molecule is CC(C)(C)[S+]([O-])N[C@H](Cc1cc(F)c(F)cc1F)C1CC2CCC(C1)N2C(=O)CCC(=O)O. The van der Waals surface area contributed by atoms with Gasteiger partial charge in [0.1, 0.15) is 10.6 Å². The zero-order valence-electron chi connectivity index (χ0n) is 19.1. The molecule has 33 heavy (non-hydrogen) atoms. The smallest absolute Gasteiger partial charge is 0.303 e. The molecule has 3 unspecified atom stereocenters. The first-order valence-corrected chi connectivity index (χ1v) is 12.4. The van der Waals surface area contributed by atoms with Gasteiger partial charge in [0.2, 0.25) is 5.91 Å². The molecule has 1 aromatic carbocycles. The van der Waals surface area contributed by atoms with E-state index in [0.717, 1.165) is 18.9 Å². The molecule has 2 aliphatic rings. The molecule has 4 atom stereocenters. The fraction of sp³-hybridized carbons (Fsp3) is 0.652. The highest BCUT2D eigenvalue weighted by molar-refractivity contribution is 7.90. The van der Waals surface area contributed by atoms with Crippen molar-refractivity contribution in [3.05, 3.63) is 35.1 Å². The third-order valence-electron chi connectivity index (χ3n) is 6.52. The van der Waals surface area contributed by atoms with E-state index in [-0.39, 0.29) is 48.7 Å². The molecule has 3 rings (SSSR count). The molecule has 2 fully saturated rings. The monoisotopic (exact) mass is 488 g/mol. The van der Waals surface area contributed by atoms with Crippen LogP contribution in [0, 0.1) is 23.4 Å². The van der Waals surface area contributed by atoms with Crippen LogP contribution in [0.2, 0.25) is 0 Å². The maximum atomic E-state index is 14.4. The number of carbonyl (C=O) groups is 2. The zero-order chi connectivity index (χ0) is 24.5. The number of rotatable bonds is 8. The zero-order valence-corrected chi connectivity index (χ0v) is 19.9. The van der Waals surface area contributed by atoms with Crippen molar-refractivity contribution < 1.29 is 32.4 Å². The first-order valence-electron chi connectivity index (χ1n) is 11.2. The molecule has 2 aliphatic heterocycles. The summed E-state index contributed by atoms with van der Waals surface area (Å²) in [5.74, 6) is -4.52. The van der Waals surface area contributed by atoms with Crippen LogP contribution in [-0.4, -0.2) is 49.3 Å². The minimum Gasteiger partial charge on any atom is -0.598 e. The van der Waals surface area contributed by atoms with Gasteiger partial charge in [0.05, 0.1) is 12.5 Å². The van der Waals surface area contributed by atoms with Crippen molar-refractivity contribution in [3.63, 3.8) is 0 Å². The quantitative estimate of drug-likeness (QED) is 0.430. The molecule has 0 radical (unpaired) electrons. The normalized spacial score (nSPS) is 24.6. The highest BCUT2D eigenvalue weighted by Gasteiger charge is 2.46. The second-order valence-corrected chi connectivity index (χ2v) is 12.0. The van der Waals surface area contributed by atoms with Gasteiger partial charge in [-0.15, -0.1) is 4.72 Å². The lowest BCUT2D eigenvalue weighted by Gasteiger charge is -2.42. The third-order valence-corrected chi connectivity index (χ3v) is 8.15. The summed E-state index contributed by atoms with van der Waals surface area (Å²) in [5, 5.41) is 8.88. The summed E-state index contributed by atoms with van der Waals surface area (Å²) in [6, 6.07) is 0.757. The highest BCUT2D eigenvalue weighted by Crippen LogP contribution is 2.41. The molecule has 0 spiro atoms. The van der Waals surface area contributed by atoms with E-state index in [0.29, 0.717) is 18.9 Å².